The quantitative estimate of drug-likeness (QED) is 0.849. The van der Waals surface area contributed by atoms with Crippen molar-refractivity contribution in [1.29, 1.82) is 0 Å². The van der Waals surface area contributed by atoms with Crippen LogP contribution >= 0.6 is 11.8 Å². The van der Waals surface area contributed by atoms with Crippen LogP contribution in [0.1, 0.15) is 11.1 Å². The van der Waals surface area contributed by atoms with Gasteiger partial charge in [-0.1, -0.05) is 23.9 Å². The van der Waals surface area contributed by atoms with Crippen molar-refractivity contribution in [3.05, 3.63) is 41.7 Å². The van der Waals surface area contributed by atoms with E-state index < -0.39 is 6.03 Å². The van der Waals surface area contributed by atoms with Gasteiger partial charge in [0.05, 0.1) is 5.75 Å². The van der Waals surface area contributed by atoms with Gasteiger partial charge in [0.25, 0.3) is 0 Å². The van der Waals surface area contributed by atoms with E-state index in [9.17, 15) is 9.59 Å². The first-order valence-electron chi connectivity index (χ1n) is 6.74. The number of imide groups is 1. The molecule has 22 heavy (non-hydrogen) atoms. The minimum atomic E-state index is -0.529. The van der Waals surface area contributed by atoms with E-state index in [-0.39, 0.29) is 11.7 Å². The number of hydrogen-bond acceptors (Lipinski definition) is 4. The summed E-state index contributed by atoms with van der Waals surface area (Å²) in [6.07, 6.45) is 3.46. The highest BCUT2D eigenvalue weighted by molar-refractivity contribution is 7.99. The third kappa shape index (κ3) is 4.11. The average Bonchev–Trinajstić information content (AvgIpc) is 2.87. The molecule has 1 aromatic carbocycles. The number of rotatable bonds is 4. The normalized spacial score (nSPS) is 10.3. The molecule has 0 aliphatic carbocycles. The van der Waals surface area contributed by atoms with Crippen molar-refractivity contribution >= 4 is 29.4 Å². The van der Waals surface area contributed by atoms with Crippen LogP contribution in [0.4, 0.5) is 10.5 Å². The minimum absolute atomic E-state index is 0.130. The van der Waals surface area contributed by atoms with E-state index >= 15 is 0 Å². The van der Waals surface area contributed by atoms with Crippen molar-refractivity contribution < 1.29 is 9.59 Å². The van der Waals surface area contributed by atoms with Crippen LogP contribution in [-0.2, 0) is 11.8 Å². The van der Waals surface area contributed by atoms with Crippen molar-refractivity contribution in [1.82, 2.24) is 14.9 Å². The maximum Gasteiger partial charge on any atom is 0.325 e. The van der Waals surface area contributed by atoms with Crippen LogP contribution in [0.2, 0.25) is 0 Å². The van der Waals surface area contributed by atoms with Crippen LogP contribution in [0.5, 0.6) is 0 Å². The van der Waals surface area contributed by atoms with E-state index in [0.717, 1.165) is 16.3 Å². The lowest BCUT2D eigenvalue weighted by Gasteiger charge is -2.10. The molecule has 0 fully saturated rings. The van der Waals surface area contributed by atoms with Gasteiger partial charge in [-0.2, -0.15) is 0 Å². The summed E-state index contributed by atoms with van der Waals surface area (Å²) in [6.45, 7) is 3.89. The number of aryl methyl sites for hydroxylation is 2. The van der Waals surface area contributed by atoms with E-state index in [1.54, 1.807) is 18.5 Å². The number of nitrogens with zero attached hydrogens (tertiary/aromatic N) is 2. The second-order valence-corrected chi connectivity index (χ2v) is 5.80. The van der Waals surface area contributed by atoms with Gasteiger partial charge in [0.1, 0.15) is 0 Å². The number of benzene rings is 1. The molecule has 2 N–H and O–H groups in total. The molecule has 0 unspecified atom stereocenters. The Morgan fingerprint density at radius 2 is 2.09 bits per heavy atom. The van der Waals surface area contributed by atoms with Gasteiger partial charge >= 0.3 is 6.03 Å². The fourth-order valence-corrected chi connectivity index (χ4v) is 2.56. The number of imidazole rings is 1. The van der Waals surface area contributed by atoms with E-state index in [1.165, 1.54) is 11.8 Å². The van der Waals surface area contributed by atoms with Crippen molar-refractivity contribution in [3.63, 3.8) is 0 Å². The molecule has 0 radical (unpaired) electrons. The van der Waals surface area contributed by atoms with Crippen molar-refractivity contribution in [2.75, 3.05) is 11.1 Å². The molecule has 6 nitrogen and oxygen atoms in total. The summed E-state index contributed by atoms with van der Waals surface area (Å²) in [6, 6.07) is 5.10. The van der Waals surface area contributed by atoms with Crippen molar-refractivity contribution in [2.24, 2.45) is 7.05 Å². The standard InChI is InChI=1S/C15H18N4O2S/c1-10-5-4-6-12(11(10)2)17-14(21)18-13(20)9-22-15-16-7-8-19(15)3/h4-8H,9H2,1-3H3,(H2,17,18,20,21). The molecule has 7 heteroatoms. The number of amides is 3. The number of carbonyl (C=O) groups excluding carboxylic acids is 2. The molecule has 0 saturated carbocycles. The first kappa shape index (κ1) is 16.1. The van der Waals surface area contributed by atoms with Gasteiger partial charge < -0.3 is 9.88 Å². The first-order valence-corrected chi connectivity index (χ1v) is 7.73. The molecule has 2 rings (SSSR count). The Kier molecular flexibility index (Phi) is 5.21. The number of aromatic nitrogens is 2. The van der Waals surface area contributed by atoms with Crippen molar-refractivity contribution in [3.8, 4) is 0 Å². The zero-order valence-electron chi connectivity index (χ0n) is 12.7. The highest BCUT2D eigenvalue weighted by Gasteiger charge is 2.11. The van der Waals surface area contributed by atoms with Gasteiger partial charge in [0.15, 0.2) is 5.16 Å². The third-order valence-electron chi connectivity index (χ3n) is 3.22. The summed E-state index contributed by atoms with van der Waals surface area (Å²) in [4.78, 5) is 27.7. The summed E-state index contributed by atoms with van der Waals surface area (Å²) in [5.41, 5.74) is 2.75. The van der Waals surface area contributed by atoms with Gasteiger partial charge in [-0.3, -0.25) is 10.1 Å². The minimum Gasteiger partial charge on any atom is -0.329 e. The molecule has 3 amide bonds. The van der Waals surface area contributed by atoms with Crippen LogP contribution < -0.4 is 10.6 Å². The lowest BCUT2D eigenvalue weighted by atomic mass is 10.1. The second kappa shape index (κ2) is 7.13. The van der Waals surface area contributed by atoms with Crippen LogP contribution in [0.15, 0.2) is 35.7 Å². The summed E-state index contributed by atoms with van der Waals surface area (Å²) in [5, 5.41) is 5.72. The molecule has 0 aliphatic heterocycles. The fraction of sp³-hybridized carbons (Fsp3) is 0.267. The van der Waals surface area contributed by atoms with E-state index in [1.807, 2.05) is 37.6 Å². The zero-order chi connectivity index (χ0) is 16.1. The summed E-state index contributed by atoms with van der Waals surface area (Å²) in [5.74, 6) is -0.235. The maximum atomic E-state index is 11.8. The number of hydrogen-bond donors (Lipinski definition) is 2. The SMILES string of the molecule is Cc1cccc(NC(=O)NC(=O)CSc2nccn2C)c1C. The van der Waals surface area contributed by atoms with Crippen LogP contribution in [0.25, 0.3) is 0 Å². The molecule has 116 valence electrons. The Morgan fingerprint density at radius 1 is 1.32 bits per heavy atom. The van der Waals surface area contributed by atoms with E-state index in [0.29, 0.717) is 5.69 Å². The molecule has 0 spiro atoms. The molecular weight excluding hydrogens is 300 g/mol. The Bertz CT molecular complexity index is 697. The van der Waals surface area contributed by atoms with Crippen LogP contribution in [0, 0.1) is 13.8 Å². The lowest BCUT2D eigenvalue weighted by Crippen LogP contribution is -2.35. The van der Waals surface area contributed by atoms with Gasteiger partial charge in [-0.15, -0.1) is 0 Å². The predicted molar refractivity (Wildman–Crippen MR) is 87.0 cm³/mol. The highest BCUT2D eigenvalue weighted by Crippen LogP contribution is 2.18. The number of nitrogens with one attached hydrogen (secondary N) is 2. The van der Waals surface area contributed by atoms with Crippen LogP contribution in [0.3, 0.4) is 0 Å². The van der Waals surface area contributed by atoms with Gasteiger partial charge in [-0.05, 0) is 31.0 Å². The Hall–Kier alpha value is -2.28. The van der Waals surface area contributed by atoms with Gasteiger partial charge in [-0.25, -0.2) is 9.78 Å². The highest BCUT2D eigenvalue weighted by atomic mass is 32.2. The molecule has 1 aromatic heterocycles. The summed E-state index contributed by atoms with van der Waals surface area (Å²) < 4.78 is 1.81. The number of thioether (sulfide) groups is 1. The molecule has 0 aliphatic rings. The van der Waals surface area contributed by atoms with E-state index in [2.05, 4.69) is 15.6 Å². The largest absolute Gasteiger partial charge is 0.329 e. The number of urea groups is 1. The predicted octanol–water partition coefficient (Wildman–Crippen LogP) is 2.48. The smallest absolute Gasteiger partial charge is 0.325 e. The van der Waals surface area contributed by atoms with Crippen molar-refractivity contribution in [2.45, 2.75) is 19.0 Å². The van der Waals surface area contributed by atoms with E-state index in [4.69, 9.17) is 0 Å². The molecule has 0 saturated heterocycles. The maximum absolute atomic E-state index is 11.8. The number of anilines is 1. The third-order valence-corrected chi connectivity index (χ3v) is 4.27. The van der Waals surface area contributed by atoms with Gasteiger partial charge in [0.2, 0.25) is 5.91 Å². The number of carbonyl (C=O) groups is 2. The Labute approximate surface area is 133 Å². The molecule has 1 heterocycles. The molecule has 2 aromatic rings. The summed E-state index contributed by atoms with van der Waals surface area (Å²) >= 11 is 1.28. The molecule has 0 bridgehead atoms. The monoisotopic (exact) mass is 318 g/mol. The summed E-state index contributed by atoms with van der Waals surface area (Å²) in [7, 11) is 1.85. The molecule has 0 atom stereocenters. The fourth-order valence-electron chi connectivity index (χ4n) is 1.82. The first-order chi connectivity index (χ1) is 10.5. The van der Waals surface area contributed by atoms with Crippen LogP contribution in [-0.4, -0.2) is 27.2 Å². The molecular formula is C15H18N4O2S. The average molecular weight is 318 g/mol. The second-order valence-electron chi connectivity index (χ2n) is 4.86. The topological polar surface area (TPSA) is 76.0 Å². The van der Waals surface area contributed by atoms with Gasteiger partial charge in [0, 0.05) is 25.1 Å². The Morgan fingerprint density at radius 3 is 2.77 bits per heavy atom. The Balaban J connectivity index is 1.85. The lowest BCUT2D eigenvalue weighted by molar-refractivity contribution is -0.117. The zero-order valence-corrected chi connectivity index (χ0v) is 13.5.